The smallest absolute Gasteiger partial charge is 0.320 e. The molecule has 0 fully saturated rings. The Morgan fingerprint density at radius 2 is 1.78 bits per heavy atom. The van der Waals surface area contributed by atoms with E-state index in [-0.39, 0.29) is 18.6 Å². The molecule has 6 N–H and O–H groups in total. The molecule has 206 valence electrons. The van der Waals surface area contributed by atoms with E-state index in [1.54, 1.807) is 11.6 Å². The average molecular weight is 533 g/mol. The maximum absolute atomic E-state index is 11.8. The van der Waals surface area contributed by atoms with Crippen LogP contribution in [-0.2, 0) is 27.4 Å². The standard InChI is InChI=1S/C24H30N2O3S.C3H9N.CH5NO/c1-3-6-18(2)29-24(28)17-25-15-19-7-4-9-22(13-19)26-16-20-10-11-21(8-5-12-27)23(30)14-20;1-3(2)4;1-2-3/h4-5,7-14,18,25-26,30H,3,6,15-17H2,1-2H3;3H,4H2,1-2H3;2-3H,1H3/b8-5+;;. The zero-order valence-corrected chi connectivity index (χ0v) is 23.6. The van der Waals surface area contributed by atoms with Crippen molar-refractivity contribution in [2.24, 2.45) is 5.73 Å². The fourth-order valence-electron chi connectivity index (χ4n) is 3.02. The monoisotopic (exact) mass is 532 g/mol. The number of carbonyl (C=O) groups excluding carboxylic acids is 2. The van der Waals surface area contributed by atoms with Crippen molar-refractivity contribution in [2.75, 3.05) is 18.9 Å². The van der Waals surface area contributed by atoms with Crippen molar-refractivity contribution in [1.29, 1.82) is 0 Å². The van der Waals surface area contributed by atoms with Crippen molar-refractivity contribution < 1.29 is 19.5 Å². The molecule has 37 heavy (non-hydrogen) atoms. The van der Waals surface area contributed by atoms with Crippen LogP contribution in [0.4, 0.5) is 5.69 Å². The number of allylic oxidation sites excluding steroid dienone is 1. The van der Waals surface area contributed by atoms with Crippen LogP contribution >= 0.6 is 12.6 Å². The second-order valence-corrected chi connectivity index (χ2v) is 9.08. The van der Waals surface area contributed by atoms with Crippen molar-refractivity contribution in [3.8, 4) is 0 Å². The molecular formula is C28H44N4O4S. The Morgan fingerprint density at radius 3 is 2.38 bits per heavy atom. The predicted molar refractivity (Wildman–Crippen MR) is 155 cm³/mol. The number of carbonyl (C=O) groups is 2. The van der Waals surface area contributed by atoms with E-state index >= 15 is 0 Å². The average Bonchev–Trinajstić information content (AvgIpc) is 2.83. The van der Waals surface area contributed by atoms with Gasteiger partial charge in [-0.2, -0.15) is 0 Å². The molecule has 0 aliphatic carbocycles. The normalized spacial score (nSPS) is 11.2. The Labute approximate surface area is 227 Å². The first kappa shape index (κ1) is 34.3. The molecule has 0 saturated carbocycles. The molecule has 1 atom stereocenters. The number of benzene rings is 2. The number of hydrogen-bond acceptors (Lipinski definition) is 9. The number of thiol groups is 1. The quantitative estimate of drug-likeness (QED) is 0.0772. The highest BCUT2D eigenvalue weighted by Crippen LogP contribution is 2.19. The molecule has 1 unspecified atom stereocenters. The lowest BCUT2D eigenvalue weighted by atomic mass is 10.1. The van der Waals surface area contributed by atoms with Gasteiger partial charge in [0.2, 0.25) is 0 Å². The van der Waals surface area contributed by atoms with Crippen LogP contribution < -0.4 is 21.8 Å². The van der Waals surface area contributed by atoms with Crippen LogP contribution in [0.25, 0.3) is 6.08 Å². The van der Waals surface area contributed by atoms with Crippen molar-refractivity contribution in [3.63, 3.8) is 0 Å². The first-order chi connectivity index (χ1) is 17.7. The second kappa shape index (κ2) is 21.4. The highest BCUT2D eigenvalue weighted by Gasteiger charge is 2.08. The van der Waals surface area contributed by atoms with Gasteiger partial charge >= 0.3 is 5.97 Å². The van der Waals surface area contributed by atoms with E-state index in [9.17, 15) is 9.59 Å². The van der Waals surface area contributed by atoms with E-state index in [1.807, 2.05) is 57.2 Å². The van der Waals surface area contributed by atoms with Crippen LogP contribution in [-0.4, -0.2) is 43.2 Å². The zero-order chi connectivity index (χ0) is 28.1. The van der Waals surface area contributed by atoms with Gasteiger partial charge in [-0.15, -0.1) is 12.6 Å². The Kier molecular flexibility index (Phi) is 19.8. The summed E-state index contributed by atoms with van der Waals surface area (Å²) in [6.07, 6.45) is 5.79. The molecule has 2 rings (SSSR count). The molecule has 2 aromatic carbocycles. The van der Waals surface area contributed by atoms with Gasteiger partial charge in [-0.1, -0.05) is 57.5 Å². The number of esters is 1. The minimum atomic E-state index is -0.223. The number of hydrogen-bond donors (Lipinski definition) is 6. The van der Waals surface area contributed by atoms with Gasteiger partial charge < -0.3 is 26.3 Å². The van der Waals surface area contributed by atoms with Crippen LogP contribution in [0.3, 0.4) is 0 Å². The fraction of sp³-hybridized carbons (Fsp3) is 0.429. The number of hydroxylamine groups is 1. The summed E-state index contributed by atoms with van der Waals surface area (Å²) < 4.78 is 5.34. The molecule has 0 saturated heterocycles. The van der Waals surface area contributed by atoms with Gasteiger partial charge in [0.15, 0.2) is 0 Å². The third-order valence-electron chi connectivity index (χ3n) is 4.50. The van der Waals surface area contributed by atoms with Gasteiger partial charge in [-0.3, -0.25) is 9.59 Å². The van der Waals surface area contributed by atoms with Crippen LogP contribution in [0.15, 0.2) is 53.4 Å². The van der Waals surface area contributed by atoms with Gasteiger partial charge in [0.25, 0.3) is 0 Å². The topological polar surface area (TPSA) is 126 Å². The first-order valence-corrected chi connectivity index (χ1v) is 12.8. The van der Waals surface area contributed by atoms with Gasteiger partial charge in [0, 0.05) is 30.7 Å². The molecule has 0 aliphatic heterocycles. The molecule has 0 spiro atoms. The Balaban J connectivity index is 0.00000165. The lowest BCUT2D eigenvalue weighted by Crippen LogP contribution is -2.27. The van der Waals surface area contributed by atoms with Crippen LogP contribution in [0.2, 0.25) is 0 Å². The number of rotatable bonds is 12. The van der Waals surface area contributed by atoms with E-state index in [4.69, 9.17) is 15.7 Å². The van der Waals surface area contributed by atoms with E-state index in [2.05, 4.69) is 36.3 Å². The summed E-state index contributed by atoms with van der Waals surface area (Å²) in [4.78, 5) is 23.1. The number of nitrogens with one attached hydrogen (secondary N) is 3. The highest BCUT2D eigenvalue weighted by molar-refractivity contribution is 7.80. The van der Waals surface area contributed by atoms with Crippen LogP contribution in [0, 0.1) is 0 Å². The van der Waals surface area contributed by atoms with E-state index < -0.39 is 0 Å². The highest BCUT2D eigenvalue weighted by atomic mass is 32.1. The summed E-state index contributed by atoms with van der Waals surface area (Å²) in [5.74, 6) is -0.223. The van der Waals surface area contributed by atoms with Gasteiger partial charge in [0.05, 0.1) is 12.6 Å². The Bertz CT molecular complexity index is 935. The maximum Gasteiger partial charge on any atom is 0.320 e. The van der Waals surface area contributed by atoms with Crippen molar-refractivity contribution in [3.05, 3.63) is 65.2 Å². The van der Waals surface area contributed by atoms with Gasteiger partial charge in [0.1, 0.15) is 6.29 Å². The molecule has 0 aliphatic rings. The molecule has 0 radical (unpaired) electrons. The number of anilines is 1. The van der Waals surface area contributed by atoms with Crippen LogP contribution in [0.1, 0.15) is 57.2 Å². The summed E-state index contributed by atoms with van der Waals surface area (Å²) in [6, 6.07) is 14.3. The van der Waals surface area contributed by atoms with Crippen molar-refractivity contribution in [2.45, 2.75) is 70.7 Å². The summed E-state index contributed by atoms with van der Waals surface area (Å²) in [7, 11) is 1.43. The third kappa shape index (κ3) is 18.2. The molecule has 2 aromatic rings. The molecule has 0 bridgehead atoms. The van der Waals surface area contributed by atoms with Crippen LogP contribution in [0.5, 0.6) is 0 Å². The van der Waals surface area contributed by atoms with Gasteiger partial charge in [-0.05, 0) is 60.4 Å². The van der Waals surface area contributed by atoms with Gasteiger partial charge in [-0.25, -0.2) is 5.48 Å². The molecular weight excluding hydrogens is 488 g/mol. The van der Waals surface area contributed by atoms with Crippen molar-refractivity contribution >= 4 is 36.6 Å². The molecule has 0 aromatic heterocycles. The molecule has 0 amide bonds. The van der Waals surface area contributed by atoms with E-state index in [1.165, 1.54) is 13.1 Å². The zero-order valence-electron chi connectivity index (χ0n) is 22.7. The molecule has 9 heteroatoms. The minimum Gasteiger partial charge on any atom is -0.462 e. The largest absolute Gasteiger partial charge is 0.462 e. The number of nitrogens with two attached hydrogens (primary N) is 1. The SMILES string of the molecule is CC(C)N.CCCC(C)OC(=O)CNCc1cccc(NCc2ccc(/C=C/C=O)c(S)c2)c1.CNO. The Hall–Kier alpha value is -2.69. The summed E-state index contributed by atoms with van der Waals surface area (Å²) >= 11 is 4.48. The molecule has 8 nitrogen and oxygen atoms in total. The third-order valence-corrected chi connectivity index (χ3v) is 4.89. The second-order valence-electron chi connectivity index (χ2n) is 8.60. The number of aldehydes is 1. The summed E-state index contributed by atoms with van der Waals surface area (Å²) in [6.45, 7) is 9.32. The lowest BCUT2D eigenvalue weighted by molar-refractivity contribution is -0.147. The number of ether oxygens (including phenoxy) is 1. The predicted octanol–water partition coefficient (Wildman–Crippen LogP) is 4.57. The molecule has 0 heterocycles. The maximum atomic E-state index is 11.8. The van der Waals surface area contributed by atoms with E-state index in [0.29, 0.717) is 19.1 Å². The van der Waals surface area contributed by atoms with Crippen molar-refractivity contribution in [1.82, 2.24) is 10.8 Å². The summed E-state index contributed by atoms with van der Waals surface area (Å²) in [5, 5.41) is 13.9. The first-order valence-electron chi connectivity index (χ1n) is 12.4. The fourth-order valence-corrected chi connectivity index (χ4v) is 3.33. The lowest BCUT2D eigenvalue weighted by Gasteiger charge is -2.13. The minimum absolute atomic E-state index is 0.0373. The van der Waals surface area contributed by atoms with E-state index in [0.717, 1.165) is 46.4 Å². The summed E-state index contributed by atoms with van der Waals surface area (Å²) in [5.41, 5.74) is 10.9. The Morgan fingerprint density at radius 1 is 1.14 bits per heavy atom.